The molecule has 33 heavy (non-hydrogen) atoms. The minimum absolute atomic E-state index is 0.0330. The molecule has 1 amide bonds. The van der Waals surface area contributed by atoms with Crippen LogP contribution in [0.5, 0.6) is 0 Å². The third-order valence-corrected chi connectivity index (χ3v) is 5.81. The van der Waals surface area contributed by atoms with E-state index in [1.54, 1.807) is 43.4 Å². The largest absolute Gasteiger partial charge is 0.345 e. The van der Waals surface area contributed by atoms with E-state index in [4.69, 9.17) is 0 Å². The second-order valence-corrected chi connectivity index (χ2v) is 9.82. The van der Waals surface area contributed by atoms with Gasteiger partial charge in [-0.15, -0.1) is 0 Å². The van der Waals surface area contributed by atoms with Crippen LogP contribution in [0.2, 0.25) is 0 Å². The lowest BCUT2D eigenvalue weighted by Gasteiger charge is -2.11. The molecule has 0 aliphatic carbocycles. The number of aryl methyl sites for hydroxylation is 1. The molecule has 0 spiro atoms. The summed E-state index contributed by atoms with van der Waals surface area (Å²) < 4.78 is 27.5. The fourth-order valence-electron chi connectivity index (χ4n) is 3.64. The SMILES string of the molecule is CN(C)C(=O)c1ccc(-c2cc3cnc(Nc4cccc(NS(C)(=O)=O)c4)cc3n2C)cc1. The Morgan fingerprint density at radius 2 is 1.70 bits per heavy atom. The van der Waals surface area contributed by atoms with Crippen molar-refractivity contribution in [3.8, 4) is 11.3 Å². The number of carbonyl (C=O) groups excluding carboxylic acids is 1. The standard InChI is InChI=1S/C24H25N5O3S/c1-28(2)24(30)17-10-8-16(9-11-17)21-12-18-15-25-23(14-22(18)29(21)3)26-19-6-5-7-20(13-19)27-33(4,31)32/h5-15,27H,1-4H3,(H,25,26). The van der Waals surface area contributed by atoms with Crippen LogP contribution in [0.1, 0.15) is 10.4 Å². The van der Waals surface area contributed by atoms with Crippen LogP contribution in [-0.4, -0.2) is 49.1 Å². The fraction of sp³-hybridized carbons (Fsp3) is 0.167. The van der Waals surface area contributed by atoms with Crippen LogP contribution in [-0.2, 0) is 17.1 Å². The number of nitrogens with zero attached hydrogens (tertiary/aromatic N) is 3. The summed E-state index contributed by atoms with van der Waals surface area (Å²) in [5.74, 6) is 0.605. The van der Waals surface area contributed by atoms with Crippen molar-refractivity contribution >= 4 is 44.0 Å². The Bertz CT molecular complexity index is 1440. The molecule has 4 aromatic rings. The Morgan fingerprint density at radius 1 is 1.00 bits per heavy atom. The Morgan fingerprint density at radius 3 is 2.36 bits per heavy atom. The summed E-state index contributed by atoms with van der Waals surface area (Å²) in [6.45, 7) is 0. The molecule has 0 fully saturated rings. The van der Waals surface area contributed by atoms with Crippen molar-refractivity contribution in [3.63, 3.8) is 0 Å². The van der Waals surface area contributed by atoms with E-state index >= 15 is 0 Å². The van der Waals surface area contributed by atoms with Gasteiger partial charge in [-0.3, -0.25) is 9.52 Å². The third-order valence-electron chi connectivity index (χ3n) is 5.20. The zero-order valence-corrected chi connectivity index (χ0v) is 19.6. The van der Waals surface area contributed by atoms with Gasteiger partial charge in [0.25, 0.3) is 5.91 Å². The number of carbonyl (C=O) groups is 1. The first-order chi connectivity index (χ1) is 15.6. The number of nitrogens with one attached hydrogen (secondary N) is 2. The van der Waals surface area contributed by atoms with E-state index in [9.17, 15) is 13.2 Å². The molecule has 0 saturated heterocycles. The highest BCUT2D eigenvalue weighted by molar-refractivity contribution is 7.92. The number of fused-ring (bicyclic) bond motifs is 1. The highest BCUT2D eigenvalue weighted by atomic mass is 32.2. The number of rotatable bonds is 6. The maximum absolute atomic E-state index is 12.1. The Kier molecular flexibility index (Phi) is 5.82. The number of aromatic nitrogens is 2. The minimum atomic E-state index is -3.35. The van der Waals surface area contributed by atoms with Gasteiger partial charge in [0.15, 0.2) is 0 Å². The van der Waals surface area contributed by atoms with Crippen LogP contribution < -0.4 is 10.0 Å². The van der Waals surface area contributed by atoms with Gasteiger partial charge in [0.2, 0.25) is 10.0 Å². The van der Waals surface area contributed by atoms with Gasteiger partial charge in [-0.1, -0.05) is 18.2 Å². The van der Waals surface area contributed by atoms with Crippen molar-refractivity contribution in [2.45, 2.75) is 0 Å². The number of benzene rings is 2. The Balaban J connectivity index is 1.61. The molecule has 4 rings (SSSR count). The summed E-state index contributed by atoms with van der Waals surface area (Å²) >= 11 is 0. The smallest absolute Gasteiger partial charge is 0.253 e. The molecule has 0 unspecified atom stereocenters. The summed E-state index contributed by atoms with van der Waals surface area (Å²) in [6, 6.07) is 18.5. The average Bonchev–Trinajstić information content (AvgIpc) is 3.08. The summed E-state index contributed by atoms with van der Waals surface area (Å²) in [5.41, 5.74) is 4.82. The molecule has 0 saturated carbocycles. The van der Waals surface area contributed by atoms with Crippen molar-refractivity contribution in [3.05, 3.63) is 72.4 Å². The molecule has 0 aliphatic rings. The average molecular weight is 464 g/mol. The summed E-state index contributed by atoms with van der Waals surface area (Å²) in [6.07, 6.45) is 2.91. The topological polar surface area (TPSA) is 96.3 Å². The number of amides is 1. The summed E-state index contributed by atoms with van der Waals surface area (Å²) in [7, 11) is 2.10. The van der Waals surface area contributed by atoms with Gasteiger partial charge in [0.05, 0.1) is 17.5 Å². The molecule has 2 aromatic carbocycles. The zero-order valence-electron chi connectivity index (χ0n) is 18.8. The molecule has 2 heterocycles. The van der Waals surface area contributed by atoms with E-state index in [1.807, 2.05) is 43.4 Å². The number of sulfonamides is 1. The van der Waals surface area contributed by atoms with E-state index in [0.29, 0.717) is 22.8 Å². The van der Waals surface area contributed by atoms with Gasteiger partial charge in [-0.2, -0.15) is 0 Å². The van der Waals surface area contributed by atoms with Crippen LogP contribution in [0.15, 0.2) is 66.9 Å². The molecule has 0 aliphatic heterocycles. The fourth-order valence-corrected chi connectivity index (χ4v) is 4.20. The molecule has 2 N–H and O–H groups in total. The molecule has 8 nitrogen and oxygen atoms in total. The van der Waals surface area contributed by atoms with Crippen LogP contribution in [0.25, 0.3) is 22.2 Å². The second kappa shape index (κ2) is 8.59. The Labute approximate surface area is 192 Å². The second-order valence-electron chi connectivity index (χ2n) is 8.07. The van der Waals surface area contributed by atoms with Crippen molar-refractivity contribution in [2.24, 2.45) is 7.05 Å². The lowest BCUT2D eigenvalue weighted by atomic mass is 10.1. The van der Waals surface area contributed by atoms with E-state index < -0.39 is 10.0 Å². The molecule has 0 atom stereocenters. The predicted molar refractivity (Wildman–Crippen MR) is 132 cm³/mol. The van der Waals surface area contributed by atoms with Crippen molar-refractivity contribution in [1.82, 2.24) is 14.5 Å². The van der Waals surface area contributed by atoms with E-state index in [2.05, 4.69) is 25.7 Å². The van der Waals surface area contributed by atoms with Gasteiger partial charge >= 0.3 is 0 Å². The highest BCUT2D eigenvalue weighted by Crippen LogP contribution is 2.29. The van der Waals surface area contributed by atoms with Gasteiger partial charge in [0.1, 0.15) is 5.82 Å². The first-order valence-corrected chi connectivity index (χ1v) is 12.1. The molecular weight excluding hydrogens is 438 g/mol. The van der Waals surface area contributed by atoms with Crippen molar-refractivity contribution < 1.29 is 13.2 Å². The van der Waals surface area contributed by atoms with Gasteiger partial charge in [0, 0.05) is 55.7 Å². The molecule has 0 bridgehead atoms. The number of pyridine rings is 1. The molecular formula is C24H25N5O3S. The summed E-state index contributed by atoms with van der Waals surface area (Å²) in [5, 5.41) is 4.21. The quantitative estimate of drug-likeness (QED) is 0.450. The van der Waals surface area contributed by atoms with Crippen molar-refractivity contribution in [2.75, 3.05) is 30.4 Å². The van der Waals surface area contributed by atoms with Crippen LogP contribution in [0.4, 0.5) is 17.2 Å². The lowest BCUT2D eigenvalue weighted by molar-refractivity contribution is 0.0827. The first kappa shape index (κ1) is 22.3. The van der Waals surface area contributed by atoms with E-state index in [1.165, 1.54) is 0 Å². The maximum Gasteiger partial charge on any atom is 0.253 e. The molecule has 170 valence electrons. The van der Waals surface area contributed by atoms with Crippen LogP contribution >= 0.6 is 0 Å². The number of anilines is 3. The van der Waals surface area contributed by atoms with Crippen LogP contribution in [0, 0.1) is 0 Å². The lowest BCUT2D eigenvalue weighted by Crippen LogP contribution is -2.21. The van der Waals surface area contributed by atoms with E-state index in [0.717, 1.165) is 28.4 Å². The predicted octanol–water partition coefficient (Wildman–Crippen LogP) is 4.06. The summed E-state index contributed by atoms with van der Waals surface area (Å²) in [4.78, 5) is 18.2. The van der Waals surface area contributed by atoms with Crippen molar-refractivity contribution in [1.29, 1.82) is 0 Å². The molecule has 0 radical (unpaired) electrons. The van der Waals surface area contributed by atoms with Crippen LogP contribution in [0.3, 0.4) is 0 Å². The normalized spacial score (nSPS) is 11.4. The Hall–Kier alpha value is -3.85. The van der Waals surface area contributed by atoms with Gasteiger partial charge < -0.3 is 14.8 Å². The van der Waals surface area contributed by atoms with Gasteiger partial charge in [-0.25, -0.2) is 13.4 Å². The highest BCUT2D eigenvalue weighted by Gasteiger charge is 2.12. The zero-order chi connectivity index (χ0) is 23.8. The number of hydrogen-bond acceptors (Lipinski definition) is 5. The monoisotopic (exact) mass is 463 g/mol. The molecule has 9 heteroatoms. The molecule has 2 aromatic heterocycles. The van der Waals surface area contributed by atoms with Gasteiger partial charge in [-0.05, 0) is 42.0 Å². The maximum atomic E-state index is 12.1. The van der Waals surface area contributed by atoms with E-state index in [-0.39, 0.29) is 5.91 Å². The minimum Gasteiger partial charge on any atom is -0.345 e. The first-order valence-electron chi connectivity index (χ1n) is 10.2. The third kappa shape index (κ3) is 4.98. The number of hydrogen-bond donors (Lipinski definition) is 2.